The zero-order valence-electron chi connectivity index (χ0n) is 42.5. The first-order chi connectivity index (χ1) is 29.6. The Labute approximate surface area is 388 Å². The molecule has 0 radical (unpaired) electrons. The second-order valence-electron chi connectivity index (χ2n) is 23.6. The van der Waals surface area contributed by atoms with Gasteiger partial charge >= 0.3 is 11.9 Å². The fraction of sp³-hybridized carbons (Fsp3) is 0.741. The van der Waals surface area contributed by atoms with E-state index in [1.807, 2.05) is 36.4 Å². The first kappa shape index (κ1) is 53.4. The van der Waals surface area contributed by atoms with Crippen LogP contribution in [0.3, 0.4) is 0 Å². The molecule has 2 fully saturated rings. The van der Waals surface area contributed by atoms with Crippen LogP contribution in [0.25, 0.3) is 0 Å². The van der Waals surface area contributed by atoms with Crippen LogP contribution in [0.15, 0.2) is 48.5 Å². The minimum Gasteiger partial charge on any atom is -0.491 e. The molecule has 0 aliphatic carbocycles. The standard InChI is InChI=1S/C54H88N2O8/c1-49(2,3)43-25-21-23-27-45(43)61-37-39(57)35-55-51(7,8)31-41(32-52(55,9)10)63-47(59)29-19-17-15-16-18-20-30-48(60)64-42-33-53(11,12)56(54(13,14)34-42)36-40(58)38-62-46-28-24-22-26-44(46)50(4,5)6/h21-28,39-42,57-58H,15-20,29-38H2,1-14H3. The summed E-state index contributed by atoms with van der Waals surface area (Å²) in [5.74, 6) is 1.34. The van der Waals surface area contributed by atoms with Gasteiger partial charge in [0.1, 0.15) is 49.1 Å². The van der Waals surface area contributed by atoms with E-state index in [2.05, 4.69) is 119 Å². The Kier molecular flexibility index (Phi) is 18.4. The third-order valence-corrected chi connectivity index (χ3v) is 13.5. The molecule has 2 heterocycles. The summed E-state index contributed by atoms with van der Waals surface area (Å²) in [4.78, 5) is 30.7. The number of piperidine rings is 2. The normalized spacial score (nSPS) is 20.3. The highest BCUT2D eigenvalue weighted by atomic mass is 16.5. The van der Waals surface area contributed by atoms with Crippen LogP contribution in [-0.2, 0) is 29.9 Å². The quantitative estimate of drug-likeness (QED) is 0.0926. The first-order valence-electron chi connectivity index (χ1n) is 24.4. The lowest BCUT2D eigenvalue weighted by molar-refractivity contribution is -0.163. The second-order valence-corrected chi connectivity index (χ2v) is 23.6. The lowest BCUT2D eigenvalue weighted by Crippen LogP contribution is -2.64. The largest absolute Gasteiger partial charge is 0.491 e. The van der Waals surface area contributed by atoms with Crippen LogP contribution in [0, 0.1) is 0 Å². The van der Waals surface area contributed by atoms with Gasteiger partial charge in [-0.05, 0) is 102 Å². The van der Waals surface area contributed by atoms with E-state index in [9.17, 15) is 19.8 Å². The highest BCUT2D eigenvalue weighted by Gasteiger charge is 2.48. The van der Waals surface area contributed by atoms with E-state index in [-0.39, 0.29) is 70.3 Å². The number of rotatable bonds is 21. The lowest BCUT2D eigenvalue weighted by Gasteiger charge is -2.55. The molecule has 10 heteroatoms. The Hall–Kier alpha value is -3.18. The molecule has 2 atom stereocenters. The third-order valence-electron chi connectivity index (χ3n) is 13.5. The summed E-state index contributed by atoms with van der Waals surface area (Å²) in [6.45, 7) is 31.7. The monoisotopic (exact) mass is 893 g/mol. The average molecular weight is 893 g/mol. The molecule has 0 spiro atoms. The zero-order valence-corrected chi connectivity index (χ0v) is 42.5. The maximum Gasteiger partial charge on any atom is 0.306 e. The van der Waals surface area contributed by atoms with Crippen molar-refractivity contribution in [2.24, 2.45) is 0 Å². The molecule has 64 heavy (non-hydrogen) atoms. The maximum atomic E-state index is 13.0. The van der Waals surface area contributed by atoms with Gasteiger partial charge in [0.05, 0.1) is 0 Å². The van der Waals surface area contributed by atoms with Crippen LogP contribution in [0.1, 0.15) is 185 Å². The summed E-state index contributed by atoms with van der Waals surface area (Å²) in [6.07, 6.45) is 7.42. The van der Waals surface area contributed by atoms with Gasteiger partial charge in [0.25, 0.3) is 0 Å². The van der Waals surface area contributed by atoms with Crippen molar-refractivity contribution in [2.45, 2.75) is 231 Å². The predicted octanol–water partition coefficient (Wildman–Crippen LogP) is 10.7. The van der Waals surface area contributed by atoms with Crippen LogP contribution in [-0.4, -0.2) is 105 Å². The van der Waals surface area contributed by atoms with E-state index >= 15 is 0 Å². The van der Waals surface area contributed by atoms with Crippen LogP contribution in [0.4, 0.5) is 0 Å². The van der Waals surface area contributed by atoms with Crippen LogP contribution < -0.4 is 9.47 Å². The highest BCUT2D eigenvalue weighted by Crippen LogP contribution is 2.42. The molecule has 2 saturated heterocycles. The van der Waals surface area contributed by atoms with Crippen molar-refractivity contribution in [3.05, 3.63) is 59.7 Å². The molecule has 0 saturated carbocycles. The van der Waals surface area contributed by atoms with Crippen molar-refractivity contribution in [3.63, 3.8) is 0 Å². The van der Waals surface area contributed by atoms with Gasteiger partial charge in [-0.2, -0.15) is 0 Å². The number of nitrogens with zero attached hydrogens (tertiary/aromatic N) is 2. The van der Waals surface area contributed by atoms with Gasteiger partial charge in [-0.1, -0.05) is 104 Å². The first-order valence-corrected chi connectivity index (χ1v) is 24.4. The van der Waals surface area contributed by atoms with Crippen LogP contribution in [0.2, 0.25) is 0 Å². The lowest BCUT2D eigenvalue weighted by atomic mass is 9.77. The predicted molar refractivity (Wildman–Crippen MR) is 258 cm³/mol. The van der Waals surface area contributed by atoms with Gasteiger partial charge in [0.2, 0.25) is 0 Å². The van der Waals surface area contributed by atoms with E-state index in [1.54, 1.807) is 0 Å². The Bertz CT molecular complexity index is 1620. The Morgan fingerprint density at radius 1 is 0.547 bits per heavy atom. The van der Waals surface area contributed by atoms with E-state index in [0.29, 0.717) is 51.6 Å². The molecule has 362 valence electrons. The molecule has 0 amide bonds. The summed E-state index contributed by atoms with van der Waals surface area (Å²) >= 11 is 0. The number of carbonyl (C=O) groups is 2. The van der Waals surface area contributed by atoms with Gasteiger partial charge in [-0.25, -0.2) is 0 Å². The minimum atomic E-state index is -0.670. The topological polar surface area (TPSA) is 118 Å². The van der Waals surface area contributed by atoms with Crippen molar-refractivity contribution in [3.8, 4) is 11.5 Å². The molecular weight excluding hydrogens is 805 g/mol. The van der Waals surface area contributed by atoms with Crippen molar-refractivity contribution >= 4 is 11.9 Å². The number of esters is 2. The van der Waals surface area contributed by atoms with E-state index < -0.39 is 12.2 Å². The molecule has 2 unspecified atom stereocenters. The van der Waals surface area contributed by atoms with E-state index in [0.717, 1.165) is 61.2 Å². The zero-order chi connectivity index (χ0) is 47.7. The molecule has 2 N–H and O–H groups in total. The maximum absolute atomic E-state index is 13.0. The van der Waals surface area contributed by atoms with Crippen molar-refractivity contribution in [2.75, 3.05) is 26.3 Å². The Morgan fingerprint density at radius 2 is 0.844 bits per heavy atom. The minimum absolute atomic E-state index is 0.0624. The van der Waals surface area contributed by atoms with E-state index in [1.165, 1.54) is 0 Å². The molecular formula is C54H88N2O8. The Balaban J connectivity index is 1.09. The summed E-state index contributed by atoms with van der Waals surface area (Å²) in [5, 5.41) is 22.3. The van der Waals surface area contributed by atoms with Gasteiger partial charge in [-0.3, -0.25) is 19.4 Å². The molecule has 2 aliphatic rings. The summed E-state index contributed by atoms with van der Waals surface area (Å²) in [5.41, 5.74) is 0.982. The molecule has 0 aromatic heterocycles. The number of carbonyl (C=O) groups excluding carboxylic acids is 2. The number of para-hydroxylation sites is 2. The molecule has 10 nitrogen and oxygen atoms in total. The fourth-order valence-corrected chi connectivity index (χ4v) is 10.7. The van der Waals surface area contributed by atoms with Gasteiger partial charge < -0.3 is 29.2 Å². The number of hydrogen-bond acceptors (Lipinski definition) is 10. The average Bonchev–Trinajstić information content (AvgIpc) is 3.16. The van der Waals surface area contributed by atoms with Gasteiger partial charge in [0, 0.05) is 73.8 Å². The molecule has 2 aliphatic heterocycles. The van der Waals surface area contributed by atoms with Crippen molar-refractivity contribution in [1.82, 2.24) is 9.80 Å². The number of aliphatic hydroxyl groups is 2. The number of hydrogen-bond donors (Lipinski definition) is 2. The molecule has 0 bridgehead atoms. The summed E-state index contributed by atoms with van der Waals surface area (Å²) in [6, 6.07) is 16.1. The Morgan fingerprint density at radius 3 is 1.16 bits per heavy atom. The van der Waals surface area contributed by atoms with Crippen molar-refractivity contribution in [1.29, 1.82) is 0 Å². The SMILES string of the molecule is CC(C)(C)c1ccccc1OCC(O)CN1C(C)(C)CC(OC(=O)CCCCCCCCC(=O)OC2CC(C)(C)N(CC(O)COc3ccccc3C(C)(C)C)C(C)(C)C2)CC1(C)C. The number of likely N-dealkylation sites (tertiary alicyclic amines) is 2. The number of ether oxygens (including phenoxy) is 4. The number of aliphatic hydroxyl groups excluding tert-OH is 2. The fourth-order valence-electron chi connectivity index (χ4n) is 10.7. The van der Waals surface area contributed by atoms with E-state index in [4.69, 9.17) is 18.9 Å². The van der Waals surface area contributed by atoms with Crippen LogP contribution >= 0.6 is 0 Å². The number of unbranched alkanes of at least 4 members (excludes halogenated alkanes) is 5. The molecule has 4 rings (SSSR count). The molecule has 2 aromatic carbocycles. The number of benzene rings is 2. The smallest absolute Gasteiger partial charge is 0.306 e. The highest BCUT2D eigenvalue weighted by molar-refractivity contribution is 5.70. The summed E-state index contributed by atoms with van der Waals surface area (Å²) < 4.78 is 24.4. The van der Waals surface area contributed by atoms with Gasteiger partial charge in [-0.15, -0.1) is 0 Å². The molecule has 2 aromatic rings. The summed E-state index contributed by atoms with van der Waals surface area (Å²) in [7, 11) is 0. The van der Waals surface area contributed by atoms with Gasteiger partial charge in [0.15, 0.2) is 0 Å². The van der Waals surface area contributed by atoms with Crippen LogP contribution in [0.5, 0.6) is 11.5 Å². The van der Waals surface area contributed by atoms with Crippen molar-refractivity contribution < 1.29 is 38.7 Å². The second kappa shape index (κ2) is 22.1. The number of β-amino-alcohol motifs (C(OH)–C–C–N with tert-alkyl or cyclic N) is 2. The third kappa shape index (κ3) is 15.7.